The number of ether oxygens (including phenoxy) is 2. The molecule has 1 aliphatic carbocycles. The van der Waals surface area contributed by atoms with E-state index in [9.17, 15) is 18.0 Å². The number of nitrogens with zero attached hydrogens (tertiary/aromatic N) is 2. The van der Waals surface area contributed by atoms with E-state index in [-0.39, 0.29) is 35.2 Å². The minimum Gasteiger partial charge on any atom is -0.453 e. The Labute approximate surface area is 176 Å². The SMILES string of the molecule is N=C(OC(N)C(F)F)c1cc(F)c2c(c1)C(=O)N(C[C@H]1COCCN1SC1CC1)C2. The van der Waals surface area contributed by atoms with Crippen molar-refractivity contribution in [1.29, 1.82) is 5.41 Å². The molecule has 1 unspecified atom stereocenters. The van der Waals surface area contributed by atoms with Crippen LogP contribution in [-0.2, 0) is 16.0 Å². The zero-order chi connectivity index (χ0) is 21.4. The molecule has 11 heteroatoms. The number of carbonyl (C=O) groups excluding carboxylic acids is 1. The molecule has 30 heavy (non-hydrogen) atoms. The van der Waals surface area contributed by atoms with Crippen LogP contribution < -0.4 is 5.73 Å². The number of benzene rings is 1. The Morgan fingerprint density at radius 1 is 1.40 bits per heavy atom. The molecule has 1 aromatic rings. The van der Waals surface area contributed by atoms with Crippen LogP contribution in [0.3, 0.4) is 0 Å². The van der Waals surface area contributed by atoms with Crippen molar-refractivity contribution in [3.8, 4) is 0 Å². The Morgan fingerprint density at radius 3 is 2.87 bits per heavy atom. The predicted molar refractivity (Wildman–Crippen MR) is 105 cm³/mol. The summed E-state index contributed by atoms with van der Waals surface area (Å²) in [6, 6.07) is 2.32. The second-order valence-electron chi connectivity index (χ2n) is 7.59. The minimum atomic E-state index is -2.99. The zero-order valence-corrected chi connectivity index (χ0v) is 17.0. The number of nitrogens with one attached hydrogen (secondary N) is 1. The molecule has 1 amide bonds. The fourth-order valence-corrected chi connectivity index (χ4v) is 4.71. The van der Waals surface area contributed by atoms with Crippen LogP contribution in [-0.4, -0.2) is 71.3 Å². The smallest absolute Gasteiger partial charge is 0.288 e. The Hall–Kier alpha value is -1.82. The molecular weight excluding hydrogens is 421 g/mol. The van der Waals surface area contributed by atoms with Gasteiger partial charge in [0.2, 0.25) is 12.1 Å². The molecule has 3 aliphatic rings. The third kappa shape index (κ3) is 4.58. The van der Waals surface area contributed by atoms with Crippen LogP contribution in [0.2, 0.25) is 0 Å². The van der Waals surface area contributed by atoms with Crippen LogP contribution >= 0.6 is 11.9 Å². The average Bonchev–Trinajstić information content (AvgIpc) is 3.47. The standard InChI is InChI=1S/C19H23F3N4O3S/c20-15-6-10(17(23)29-18(24)16(21)22)5-13-14(15)8-25(19(13)27)7-11-9-28-4-3-26(11)30-12-1-2-12/h5-6,11-12,16,18,23H,1-4,7-9,24H2/t11-,18?/m0/s1. The van der Waals surface area contributed by atoms with Crippen LogP contribution in [0, 0.1) is 11.2 Å². The molecule has 4 rings (SSSR count). The van der Waals surface area contributed by atoms with E-state index < -0.39 is 24.4 Å². The number of nitrogens with two attached hydrogens (primary N) is 1. The summed E-state index contributed by atoms with van der Waals surface area (Å²) in [7, 11) is 0. The van der Waals surface area contributed by atoms with Crippen molar-refractivity contribution >= 4 is 23.8 Å². The van der Waals surface area contributed by atoms with Crippen LogP contribution in [0.5, 0.6) is 0 Å². The summed E-state index contributed by atoms with van der Waals surface area (Å²) in [6.45, 7) is 2.43. The first-order chi connectivity index (χ1) is 14.3. The molecule has 1 saturated carbocycles. The van der Waals surface area contributed by atoms with Gasteiger partial charge in [-0.3, -0.25) is 15.9 Å². The van der Waals surface area contributed by atoms with Gasteiger partial charge in [0, 0.05) is 41.6 Å². The maximum Gasteiger partial charge on any atom is 0.288 e. The van der Waals surface area contributed by atoms with E-state index in [0.717, 1.165) is 12.6 Å². The van der Waals surface area contributed by atoms with Crippen molar-refractivity contribution in [3.63, 3.8) is 0 Å². The van der Waals surface area contributed by atoms with E-state index in [2.05, 4.69) is 9.04 Å². The lowest BCUT2D eigenvalue weighted by atomic mass is 10.1. The quantitative estimate of drug-likeness (QED) is 0.290. The number of fused-ring (bicyclic) bond motifs is 1. The largest absolute Gasteiger partial charge is 0.453 e. The van der Waals surface area contributed by atoms with Gasteiger partial charge in [-0.1, -0.05) is 11.9 Å². The Bertz CT molecular complexity index is 839. The average molecular weight is 444 g/mol. The first-order valence-electron chi connectivity index (χ1n) is 9.75. The van der Waals surface area contributed by atoms with Crippen molar-refractivity contribution in [2.75, 3.05) is 26.3 Å². The summed E-state index contributed by atoms with van der Waals surface area (Å²) in [5, 5.41) is 8.41. The fraction of sp³-hybridized carbons (Fsp3) is 0.579. The van der Waals surface area contributed by atoms with E-state index >= 15 is 0 Å². The van der Waals surface area contributed by atoms with Gasteiger partial charge in [0.05, 0.1) is 19.3 Å². The molecule has 1 saturated heterocycles. The maximum absolute atomic E-state index is 14.6. The molecule has 2 fully saturated rings. The lowest BCUT2D eigenvalue weighted by molar-refractivity contribution is 0.00820. The fourth-order valence-electron chi connectivity index (χ4n) is 3.50. The van der Waals surface area contributed by atoms with E-state index in [1.807, 2.05) is 0 Å². The number of alkyl halides is 2. The monoisotopic (exact) mass is 444 g/mol. The molecule has 7 nitrogen and oxygen atoms in total. The van der Waals surface area contributed by atoms with Gasteiger partial charge in [0.1, 0.15) is 5.82 Å². The lowest BCUT2D eigenvalue weighted by Gasteiger charge is -2.36. The summed E-state index contributed by atoms with van der Waals surface area (Å²) >= 11 is 1.80. The number of hydrogen-bond acceptors (Lipinski definition) is 7. The molecule has 0 bridgehead atoms. The van der Waals surface area contributed by atoms with E-state index in [0.29, 0.717) is 25.0 Å². The van der Waals surface area contributed by atoms with E-state index in [4.69, 9.17) is 15.9 Å². The topological polar surface area (TPSA) is 91.9 Å². The van der Waals surface area contributed by atoms with Crippen molar-refractivity contribution < 1.29 is 27.4 Å². The number of amides is 1. The highest BCUT2D eigenvalue weighted by molar-refractivity contribution is 7.97. The second-order valence-corrected chi connectivity index (χ2v) is 8.94. The molecule has 0 aromatic heterocycles. The molecule has 3 N–H and O–H groups in total. The van der Waals surface area contributed by atoms with Gasteiger partial charge in [-0.05, 0) is 25.0 Å². The number of carbonyl (C=O) groups is 1. The predicted octanol–water partition coefficient (Wildman–Crippen LogP) is 2.18. The molecule has 0 radical (unpaired) electrons. The highest BCUT2D eigenvalue weighted by atomic mass is 32.2. The highest BCUT2D eigenvalue weighted by Gasteiger charge is 2.37. The molecule has 2 atom stereocenters. The molecule has 2 heterocycles. The number of halogens is 3. The van der Waals surface area contributed by atoms with Crippen LogP contribution in [0.1, 0.15) is 34.3 Å². The van der Waals surface area contributed by atoms with Gasteiger partial charge in [0.15, 0.2) is 0 Å². The maximum atomic E-state index is 14.6. The lowest BCUT2D eigenvalue weighted by Crippen LogP contribution is -2.48. The van der Waals surface area contributed by atoms with Gasteiger partial charge in [-0.15, -0.1) is 0 Å². The van der Waals surface area contributed by atoms with Crippen LogP contribution in [0.25, 0.3) is 0 Å². The number of hydrogen-bond donors (Lipinski definition) is 2. The highest BCUT2D eigenvalue weighted by Crippen LogP contribution is 2.38. The molecule has 164 valence electrons. The van der Waals surface area contributed by atoms with Gasteiger partial charge in [-0.25, -0.2) is 17.5 Å². The Balaban J connectivity index is 1.47. The number of rotatable bonds is 7. The van der Waals surface area contributed by atoms with E-state index in [1.165, 1.54) is 18.9 Å². The minimum absolute atomic E-state index is 0.0100. The van der Waals surface area contributed by atoms with Crippen molar-refractivity contribution in [2.24, 2.45) is 5.73 Å². The zero-order valence-electron chi connectivity index (χ0n) is 16.2. The van der Waals surface area contributed by atoms with Gasteiger partial charge < -0.3 is 14.4 Å². The number of morpholine rings is 1. The molecule has 2 aliphatic heterocycles. The Kier molecular flexibility index (Phi) is 6.24. The van der Waals surface area contributed by atoms with Gasteiger partial charge >= 0.3 is 0 Å². The second kappa shape index (κ2) is 8.74. The summed E-state index contributed by atoms with van der Waals surface area (Å²) in [6.07, 6.45) is -2.60. The van der Waals surface area contributed by atoms with Crippen molar-refractivity contribution in [1.82, 2.24) is 9.21 Å². The Morgan fingerprint density at radius 2 is 2.17 bits per heavy atom. The summed E-state index contributed by atoms with van der Waals surface area (Å²) in [5.74, 6) is -1.75. The molecule has 0 spiro atoms. The van der Waals surface area contributed by atoms with Crippen molar-refractivity contribution in [3.05, 3.63) is 34.6 Å². The first kappa shape index (κ1) is 21.4. The van der Waals surface area contributed by atoms with Crippen LogP contribution in [0.15, 0.2) is 12.1 Å². The van der Waals surface area contributed by atoms with Gasteiger partial charge in [0.25, 0.3) is 12.3 Å². The summed E-state index contributed by atoms with van der Waals surface area (Å²) < 4.78 is 52.2. The first-order valence-corrected chi connectivity index (χ1v) is 10.6. The molecule has 1 aromatic carbocycles. The third-order valence-electron chi connectivity index (χ3n) is 5.24. The van der Waals surface area contributed by atoms with E-state index in [1.54, 1.807) is 16.8 Å². The molecular formula is C19H23F3N4O3S. The van der Waals surface area contributed by atoms with Gasteiger partial charge in [-0.2, -0.15) is 0 Å². The third-order valence-corrected chi connectivity index (χ3v) is 6.76. The van der Waals surface area contributed by atoms with Crippen molar-refractivity contribution in [2.45, 2.75) is 43.3 Å². The normalized spacial score (nSPS) is 23.0. The summed E-state index contributed by atoms with van der Waals surface area (Å²) in [4.78, 5) is 14.5. The summed E-state index contributed by atoms with van der Waals surface area (Å²) in [5.41, 5.74) is 5.35. The van der Waals surface area contributed by atoms with Crippen LogP contribution in [0.4, 0.5) is 13.2 Å².